The first-order chi connectivity index (χ1) is 8.88. The van der Waals surface area contributed by atoms with Crippen molar-refractivity contribution < 1.29 is 8.78 Å². The summed E-state index contributed by atoms with van der Waals surface area (Å²) in [6.45, 7) is 1.87. The zero-order chi connectivity index (χ0) is 14.0. The van der Waals surface area contributed by atoms with Crippen molar-refractivity contribution in [2.24, 2.45) is 5.73 Å². The molecule has 0 saturated heterocycles. The monoisotopic (exact) mass is 325 g/mol. The van der Waals surface area contributed by atoms with Crippen molar-refractivity contribution in [1.29, 1.82) is 0 Å². The smallest absolute Gasteiger partial charge is 0.137 e. The van der Waals surface area contributed by atoms with E-state index in [-0.39, 0.29) is 11.6 Å². The Hall–Kier alpha value is -1.26. The fourth-order valence-electron chi connectivity index (χ4n) is 2.01. The molecule has 1 nitrogen and oxygen atoms in total. The molecule has 0 aliphatic heterocycles. The summed E-state index contributed by atoms with van der Waals surface area (Å²) in [6, 6.07) is 10.9. The van der Waals surface area contributed by atoms with Gasteiger partial charge < -0.3 is 5.73 Å². The van der Waals surface area contributed by atoms with Crippen LogP contribution in [0.25, 0.3) is 0 Å². The number of nitrogens with two attached hydrogens (primary N) is 1. The van der Waals surface area contributed by atoms with E-state index >= 15 is 0 Å². The third-order valence-corrected chi connectivity index (χ3v) is 3.67. The van der Waals surface area contributed by atoms with Crippen LogP contribution < -0.4 is 5.73 Å². The largest absolute Gasteiger partial charge is 0.321 e. The quantitative estimate of drug-likeness (QED) is 0.901. The van der Waals surface area contributed by atoms with E-state index in [1.54, 1.807) is 24.3 Å². The minimum atomic E-state index is -0.634. The molecule has 1 unspecified atom stereocenters. The summed E-state index contributed by atoms with van der Waals surface area (Å²) in [4.78, 5) is 0. The maximum Gasteiger partial charge on any atom is 0.137 e. The molecule has 0 amide bonds. The average Bonchev–Trinajstić information content (AvgIpc) is 2.34. The van der Waals surface area contributed by atoms with Gasteiger partial charge in [0.1, 0.15) is 11.6 Å². The molecule has 0 aliphatic carbocycles. The number of halogens is 3. The second-order valence-corrected chi connectivity index (χ2v) is 5.70. The second-order valence-electron chi connectivity index (χ2n) is 4.85. The van der Waals surface area contributed by atoms with E-state index in [2.05, 4.69) is 15.9 Å². The van der Waals surface area contributed by atoms with E-state index in [1.165, 1.54) is 18.2 Å². The van der Waals surface area contributed by atoms with Crippen LogP contribution in [-0.4, -0.2) is 0 Å². The Morgan fingerprint density at radius 1 is 1.11 bits per heavy atom. The van der Waals surface area contributed by atoms with Crippen molar-refractivity contribution in [2.45, 2.75) is 18.9 Å². The van der Waals surface area contributed by atoms with Crippen LogP contribution in [0.3, 0.4) is 0 Å². The molecule has 2 aromatic carbocycles. The fourth-order valence-corrected chi connectivity index (χ4v) is 2.43. The minimum Gasteiger partial charge on any atom is -0.321 e. The summed E-state index contributed by atoms with van der Waals surface area (Å²) in [5.74, 6) is -0.590. The molecule has 100 valence electrons. The maximum absolute atomic E-state index is 13.2. The summed E-state index contributed by atoms with van der Waals surface area (Å²) >= 11 is 3.15. The van der Waals surface area contributed by atoms with Crippen LogP contribution in [0.4, 0.5) is 8.78 Å². The van der Waals surface area contributed by atoms with Gasteiger partial charge in [-0.3, -0.25) is 0 Å². The minimum absolute atomic E-state index is 0.288. The highest BCUT2D eigenvalue weighted by Crippen LogP contribution is 2.25. The molecule has 0 aromatic heterocycles. The zero-order valence-corrected chi connectivity index (χ0v) is 12.0. The van der Waals surface area contributed by atoms with Crippen molar-refractivity contribution in [3.05, 3.63) is 69.7 Å². The van der Waals surface area contributed by atoms with Gasteiger partial charge in [0.05, 0.1) is 4.47 Å². The lowest BCUT2D eigenvalue weighted by Crippen LogP contribution is -2.35. The number of hydrogen-bond donors (Lipinski definition) is 1. The van der Waals surface area contributed by atoms with Gasteiger partial charge >= 0.3 is 0 Å². The molecule has 2 N–H and O–H groups in total. The Morgan fingerprint density at radius 2 is 1.74 bits per heavy atom. The summed E-state index contributed by atoms with van der Waals surface area (Å²) < 4.78 is 26.5. The standard InChI is InChI=1S/C15H14BrF2N/c1-15(19,11-3-5-12(17)6-4-11)9-10-2-7-14(18)13(16)8-10/h2-8H,9,19H2,1H3. The molecule has 1 atom stereocenters. The van der Waals surface area contributed by atoms with Crippen LogP contribution >= 0.6 is 15.9 Å². The molecule has 4 heteroatoms. The third-order valence-electron chi connectivity index (χ3n) is 3.06. The van der Waals surface area contributed by atoms with E-state index in [0.717, 1.165) is 11.1 Å². The SMILES string of the molecule is CC(N)(Cc1ccc(F)c(Br)c1)c1ccc(F)cc1. The van der Waals surface area contributed by atoms with Crippen molar-refractivity contribution >= 4 is 15.9 Å². The summed E-state index contributed by atoms with van der Waals surface area (Å²) in [5.41, 5.74) is 7.40. The van der Waals surface area contributed by atoms with Crippen molar-refractivity contribution in [3.63, 3.8) is 0 Å². The fraction of sp³-hybridized carbons (Fsp3) is 0.200. The Balaban J connectivity index is 2.25. The van der Waals surface area contributed by atoms with E-state index in [4.69, 9.17) is 5.73 Å². The Labute approximate surface area is 119 Å². The predicted octanol–water partition coefficient (Wildman–Crippen LogP) is 4.14. The molecular weight excluding hydrogens is 312 g/mol. The van der Waals surface area contributed by atoms with Gasteiger partial charge in [-0.05, 0) is 64.7 Å². The molecule has 2 rings (SSSR count). The molecule has 0 fully saturated rings. The van der Waals surface area contributed by atoms with Gasteiger partial charge in [-0.2, -0.15) is 0 Å². The Bertz CT molecular complexity index is 579. The number of hydrogen-bond acceptors (Lipinski definition) is 1. The first-order valence-electron chi connectivity index (χ1n) is 5.87. The highest BCUT2D eigenvalue weighted by atomic mass is 79.9. The lowest BCUT2D eigenvalue weighted by atomic mass is 9.86. The summed E-state index contributed by atoms with van der Waals surface area (Å²) in [6.07, 6.45) is 0.539. The summed E-state index contributed by atoms with van der Waals surface area (Å²) in [7, 11) is 0. The Kier molecular flexibility index (Phi) is 4.02. The van der Waals surface area contributed by atoms with Gasteiger partial charge in [0, 0.05) is 5.54 Å². The molecule has 0 radical (unpaired) electrons. The first-order valence-corrected chi connectivity index (χ1v) is 6.67. The lowest BCUT2D eigenvalue weighted by molar-refractivity contribution is 0.489. The molecule has 0 spiro atoms. The van der Waals surface area contributed by atoms with Gasteiger partial charge in [-0.25, -0.2) is 8.78 Å². The van der Waals surface area contributed by atoms with Crippen LogP contribution in [0.2, 0.25) is 0 Å². The molecular formula is C15H14BrF2N. The number of rotatable bonds is 3. The predicted molar refractivity (Wildman–Crippen MR) is 75.7 cm³/mol. The normalized spacial score (nSPS) is 14.2. The van der Waals surface area contributed by atoms with E-state index in [9.17, 15) is 8.78 Å². The zero-order valence-electron chi connectivity index (χ0n) is 10.5. The van der Waals surface area contributed by atoms with Gasteiger partial charge in [0.15, 0.2) is 0 Å². The van der Waals surface area contributed by atoms with Gasteiger partial charge in [-0.1, -0.05) is 18.2 Å². The van der Waals surface area contributed by atoms with Crippen LogP contribution in [0.1, 0.15) is 18.1 Å². The van der Waals surface area contributed by atoms with Crippen LogP contribution in [0.5, 0.6) is 0 Å². The maximum atomic E-state index is 13.2. The highest BCUT2D eigenvalue weighted by molar-refractivity contribution is 9.10. The van der Waals surface area contributed by atoms with Gasteiger partial charge in [0.2, 0.25) is 0 Å². The van der Waals surface area contributed by atoms with E-state index in [0.29, 0.717) is 10.9 Å². The van der Waals surface area contributed by atoms with Crippen molar-refractivity contribution in [1.82, 2.24) is 0 Å². The lowest BCUT2D eigenvalue weighted by Gasteiger charge is -2.25. The highest BCUT2D eigenvalue weighted by Gasteiger charge is 2.22. The van der Waals surface area contributed by atoms with Crippen molar-refractivity contribution in [3.8, 4) is 0 Å². The Morgan fingerprint density at radius 3 is 2.32 bits per heavy atom. The first kappa shape index (κ1) is 14.2. The molecule has 19 heavy (non-hydrogen) atoms. The van der Waals surface area contributed by atoms with Crippen molar-refractivity contribution in [2.75, 3.05) is 0 Å². The second kappa shape index (κ2) is 5.39. The third kappa shape index (κ3) is 3.39. The molecule has 2 aromatic rings. The van der Waals surface area contributed by atoms with Crippen LogP contribution in [0, 0.1) is 11.6 Å². The van der Waals surface area contributed by atoms with E-state index in [1.807, 2.05) is 6.92 Å². The summed E-state index contributed by atoms with van der Waals surface area (Å²) in [5, 5.41) is 0. The number of benzene rings is 2. The molecule has 0 bridgehead atoms. The molecule has 0 aliphatic rings. The molecule has 0 saturated carbocycles. The van der Waals surface area contributed by atoms with Gasteiger partial charge in [-0.15, -0.1) is 0 Å². The van der Waals surface area contributed by atoms with Crippen LogP contribution in [-0.2, 0) is 12.0 Å². The molecule has 0 heterocycles. The van der Waals surface area contributed by atoms with Crippen LogP contribution in [0.15, 0.2) is 46.9 Å². The van der Waals surface area contributed by atoms with Gasteiger partial charge in [0.25, 0.3) is 0 Å². The average molecular weight is 326 g/mol. The van der Waals surface area contributed by atoms with E-state index < -0.39 is 5.54 Å². The topological polar surface area (TPSA) is 26.0 Å².